The highest BCUT2D eigenvalue weighted by Gasteiger charge is 2.18. The third-order valence-electron chi connectivity index (χ3n) is 5.26. The van der Waals surface area contributed by atoms with Gasteiger partial charge in [0.2, 0.25) is 5.91 Å². The van der Waals surface area contributed by atoms with E-state index in [0.717, 1.165) is 48.6 Å². The first kappa shape index (κ1) is 18.3. The number of ether oxygens (including phenoxy) is 1. The molecule has 4 rings (SSSR count). The Labute approximate surface area is 165 Å². The van der Waals surface area contributed by atoms with Crippen LogP contribution in [0.1, 0.15) is 34.7 Å². The van der Waals surface area contributed by atoms with Gasteiger partial charge in [-0.05, 0) is 78.9 Å². The van der Waals surface area contributed by atoms with Gasteiger partial charge in [-0.2, -0.15) is 0 Å². The van der Waals surface area contributed by atoms with Crippen LogP contribution in [-0.2, 0) is 0 Å². The zero-order chi connectivity index (χ0) is 19.3. The molecule has 0 unspecified atom stereocenters. The van der Waals surface area contributed by atoms with E-state index in [1.807, 2.05) is 66.7 Å². The number of hydrogen-bond donors (Lipinski definition) is 2. The van der Waals surface area contributed by atoms with Crippen molar-refractivity contribution in [3.8, 4) is 22.6 Å². The van der Waals surface area contributed by atoms with Gasteiger partial charge in [-0.3, -0.25) is 4.79 Å². The number of piperidine rings is 1. The van der Waals surface area contributed by atoms with Crippen LogP contribution < -0.4 is 15.8 Å². The molecule has 3 aromatic rings. The Morgan fingerprint density at radius 1 is 0.893 bits per heavy atom. The Kier molecular flexibility index (Phi) is 5.40. The van der Waals surface area contributed by atoms with Crippen LogP contribution in [0, 0.1) is 0 Å². The van der Waals surface area contributed by atoms with Gasteiger partial charge in [-0.25, -0.2) is 0 Å². The van der Waals surface area contributed by atoms with E-state index in [9.17, 15) is 4.79 Å². The Bertz CT molecular complexity index is 946. The van der Waals surface area contributed by atoms with E-state index in [1.165, 1.54) is 5.56 Å². The quantitative estimate of drug-likeness (QED) is 0.682. The summed E-state index contributed by atoms with van der Waals surface area (Å²) in [6.07, 6.45) is 2.22. The van der Waals surface area contributed by atoms with Crippen LogP contribution in [0.15, 0.2) is 72.8 Å². The highest BCUT2D eigenvalue weighted by atomic mass is 16.5. The SMILES string of the molecule is NC(=O)c1ccc(C2CCNCC2)cc1-c1ccc(Oc2ccccc2)cc1. The normalized spacial score (nSPS) is 14.6. The number of amides is 1. The van der Waals surface area contributed by atoms with Gasteiger partial charge in [-0.15, -0.1) is 0 Å². The maximum atomic E-state index is 12.0. The first-order valence-corrected chi connectivity index (χ1v) is 9.68. The molecule has 3 aromatic carbocycles. The number of carbonyl (C=O) groups is 1. The lowest BCUT2D eigenvalue weighted by molar-refractivity contribution is 0.100. The molecule has 142 valence electrons. The lowest BCUT2D eigenvalue weighted by atomic mass is 9.87. The number of primary amides is 1. The minimum Gasteiger partial charge on any atom is -0.457 e. The molecule has 1 aliphatic rings. The Morgan fingerprint density at radius 3 is 2.25 bits per heavy atom. The summed E-state index contributed by atoms with van der Waals surface area (Å²) in [5.41, 5.74) is 9.31. The molecule has 0 bridgehead atoms. The molecule has 1 saturated heterocycles. The van der Waals surface area contributed by atoms with E-state index in [0.29, 0.717) is 11.5 Å². The molecular weight excluding hydrogens is 348 g/mol. The maximum Gasteiger partial charge on any atom is 0.249 e. The van der Waals surface area contributed by atoms with Crippen molar-refractivity contribution in [3.05, 3.63) is 83.9 Å². The molecular formula is C24H24N2O2. The number of nitrogens with two attached hydrogens (primary N) is 1. The summed E-state index contributed by atoms with van der Waals surface area (Å²) < 4.78 is 5.87. The molecule has 0 spiro atoms. The fourth-order valence-corrected chi connectivity index (χ4v) is 3.75. The summed E-state index contributed by atoms with van der Waals surface area (Å²) in [6.45, 7) is 2.06. The number of rotatable bonds is 5. The molecule has 1 aliphatic heterocycles. The molecule has 1 heterocycles. The molecule has 1 amide bonds. The fourth-order valence-electron chi connectivity index (χ4n) is 3.75. The zero-order valence-electron chi connectivity index (χ0n) is 15.7. The van der Waals surface area contributed by atoms with Crippen molar-refractivity contribution in [2.24, 2.45) is 5.73 Å². The van der Waals surface area contributed by atoms with Crippen molar-refractivity contribution >= 4 is 5.91 Å². The van der Waals surface area contributed by atoms with Gasteiger partial charge in [0.25, 0.3) is 0 Å². The standard InChI is InChI=1S/C24H24N2O2/c25-24(27)22-11-8-19(17-12-14-26-15-13-17)16-23(22)18-6-9-21(10-7-18)28-20-4-2-1-3-5-20/h1-11,16-17,26H,12-15H2,(H2,25,27). The van der Waals surface area contributed by atoms with E-state index in [2.05, 4.69) is 11.4 Å². The van der Waals surface area contributed by atoms with Gasteiger partial charge in [0.15, 0.2) is 0 Å². The summed E-state index contributed by atoms with van der Waals surface area (Å²) >= 11 is 0. The molecule has 0 saturated carbocycles. The van der Waals surface area contributed by atoms with Crippen LogP contribution in [0.2, 0.25) is 0 Å². The first-order chi connectivity index (χ1) is 13.7. The van der Waals surface area contributed by atoms with Gasteiger partial charge in [0.1, 0.15) is 11.5 Å². The monoisotopic (exact) mass is 372 g/mol. The van der Waals surface area contributed by atoms with Crippen LogP contribution in [0.4, 0.5) is 0 Å². The second-order valence-electron chi connectivity index (χ2n) is 7.13. The third kappa shape index (κ3) is 4.07. The zero-order valence-corrected chi connectivity index (χ0v) is 15.7. The van der Waals surface area contributed by atoms with Gasteiger partial charge >= 0.3 is 0 Å². The predicted octanol–water partition coefficient (Wildman–Crippen LogP) is 4.71. The summed E-state index contributed by atoms with van der Waals surface area (Å²) in [5.74, 6) is 1.66. The van der Waals surface area contributed by atoms with E-state index in [-0.39, 0.29) is 0 Å². The highest BCUT2D eigenvalue weighted by molar-refractivity contribution is 6.00. The average molecular weight is 372 g/mol. The Hall–Kier alpha value is -3.11. The van der Waals surface area contributed by atoms with Crippen molar-refractivity contribution in [2.75, 3.05) is 13.1 Å². The van der Waals surface area contributed by atoms with Crippen LogP contribution >= 0.6 is 0 Å². The van der Waals surface area contributed by atoms with Gasteiger partial charge in [-0.1, -0.05) is 42.5 Å². The average Bonchev–Trinajstić information content (AvgIpc) is 2.75. The number of benzene rings is 3. The molecule has 0 atom stereocenters. The molecule has 0 aromatic heterocycles. The van der Waals surface area contributed by atoms with Crippen molar-refractivity contribution in [1.29, 1.82) is 0 Å². The summed E-state index contributed by atoms with van der Waals surface area (Å²) in [6, 6.07) is 23.5. The summed E-state index contributed by atoms with van der Waals surface area (Å²) in [5, 5.41) is 3.40. The molecule has 28 heavy (non-hydrogen) atoms. The number of hydrogen-bond acceptors (Lipinski definition) is 3. The number of nitrogens with one attached hydrogen (secondary N) is 1. The second kappa shape index (κ2) is 8.28. The first-order valence-electron chi connectivity index (χ1n) is 9.68. The van der Waals surface area contributed by atoms with Crippen LogP contribution in [-0.4, -0.2) is 19.0 Å². The summed E-state index contributed by atoms with van der Waals surface area (Å²) in [7, 11) is 0. The van der Waals surface area contributed by atoms with Gasteiger partial charge in [0, 0.05) is 5.56 Å². The Balaban J connectivity index is 1.63. The van der Waals surface area contributed by atoms with E-state index in [1.54, 1.807) is 0 Å². The molecule has 0 radical (unpaired) electrons. The number of carbonyl (C=O) groups excluding carboxylic acids is 1. The van der Waals surface area contributed by atoms with Gasteiger partial charge < -0.3 is 15.8 Å². The van der Waals surface area contributed by atoms with Crippen molar-refractivity contribution in [3.63, 3.8) is 0 Å². The fraction of sp³-hybridized carbons (Fsp3) is 0.208. The minimum absolute atomic E-state index is 0.406. The van der Waals surface area contributed by atoms with Crippen LogP contribution in [0.25, 0.3) is 11.1 Å². The van der Waals surface area contributed by atoms with Crippen LogP contribution in [0.3, 0.4) is 0 Å². The lowest BCUT2D eigenvalue weighted by Crippen LogP contribution is -2.26. The van der Waals surface area contributed by atoms with E-state index < -0.39 is 5.91 Å². The van der Waals surface area contributed by atoms with E-state index in [4.69, 9.17) is 10.5 Å². The second-order valence-corrected chi connectivity index (χ2v) is 7.13. The molecule has 4 nitrogen and oxygen atoms in total. The molecule has 3 N–H and O–H groups in total. The summed E-state index contributed by atoms with van der Waals surface area (Å²) in [4.78, 5) is 12.0. The van der Waals surface area contributed by atoms with Crippen molar-refractivity contribution < 1.29 is 9.53 Å². The Morgan fingerprint density at radius 2 is 1.57 bits per heavy atom. The molecule has 1 fully saturated rings. The largest absolute Gasteiger partial charge is 0.457 e. The lowest BCUT2D eigenvalue weighted by Gasteiger charge is -2.24. The third-order valence-corrected chi connectivity index (χ3v) is 5.26. The molecule has 0 aliphatic carbocycles. The van der Waals surface area contributed by atoms with E-state index >= 15 is 0 Å². The minimum atomic E-state index is -0.406. The van der Waals surface area contributed by atoms with Gasteiger partial charge in [0.05, 0.1) is 0 Å². The maximum absolute atomic E-state index is 12.0. The molecule has 4 heteroatoms. The predicted molar refractivity (Wildman–Crippen MR) is 112 cm³/mol. The van der Waals surface area contributed by atoms with Crippen molar-refractivity contribution in [1.82, 2.24) is 5.32 Å². The van der Waals surface area contributed by atoms with Crippen molar-refractivity contribution in [2.45, 2.75) is 18.8 Å². The topological polar surface area (TPSA) is 64.4 Å². The number of para-hydroxylation sites is 1. The smallest absolute Gasteiger partial charge is 0.249 e. The van der Waals surface area contributed by atoms with Crippen LogP contribution in [0.5, 0.6) is 11.5 Å². The highest BCUT2D eigenvalue weighted by Crippen LogP contribution is 2.33.